The molecular formula is C22H24Cl2N4O2. The van der Waals surface area contributed by atoms with E-state index in [0.717, 1.165) is 35.7 Å². The van der Waals surface area contributed by atoms with Crippen LogP contribution in [0.15, 0.2) is 30.5 Å². The van der Waals surface area contributed by atoms with E-state index in [4.69, 9.17) is 27.9 Å². The molecule has 0 aliphatic carbocycles. The Bertz CT molecular complexity index is 993. The van der Waals surface area contributed by atoms with Gasteiger partial charge in [-0.15, -0.1) is 0 Å². The zero-order chi connectivity index (χ0) is 21.7. The van der Waals surface area contributed by atoms with E-state index < -0.39 is 11.7 Å². The lowest BCUT2D eigenvalue weighted by atomic mass is 10.1. The standard InChI is InChI=1S/C22H24Cl2N4O2/c1-22(2,3)30-21(29)26-8-4-5-15-11-19-20(27-13-15)25-9-10-28(19)14-16-12-17(23)6-7-18(16)24/h6-7,11-13H,8-10,14H2,1-3H3,(H,25,27)(H,26,29). The van der Waals surface area contributed by atoms with Crippen LogP contribution in [-0.2, 0) is 11.3 Å². The molecular weight excluding hydrogens is 423 g/mol. The zero-order valence-electron chi connectivity index (χ0n) is 17.2. The molecule has 1 aromatic carbocycles. The van der Waals surface area contributed by atoms with Crippen LogP contribution in [0, 0.1) is 11.8 Å². The zero-order valence-corrected chi connectivity index (χ0v) is 18.7. The van der Waals surface area contributed by atoms with Gasteiger partial charge in [0.05, 0.1) is 12.2 Å². The second kappa shape index (κ2) is 9.46. The fourth-order valence-corrected chi connectivity index (χ4v) is 3.31. The molecule has 1 aliphatic rings. The average Bonchev–Trinajstić information content (AvgIpc) is 2.67. The fraction of sp³-hybridized carbons (Fsp3) is 0.364. The number of halogens is 2. The van der Waals surface area contributed by atoms with Crippen molar-refractivity contribution in [1.82, 2.24) is 10.3 Å². The molecule has 1 aromatic heterocycles. The van der Waals surface area contributed by atoms with Gasteiger partial charge in [0.25, 0.3) is 0 Å². The first-order valence-corrected chi connectivity index (χ1v) is 10.4. The number of hydrogen-bond acceptors (Lipinski definition) is 5. The maximum absolute atomic E-state index is 11.7. The molecule has 1 amide bonds. The van der Waals surface area contributed by atoms with Crippen molar-refractivity contribution >= 4 is 40.8 Å². The van der Waals surface area contributed by atoms with Gasteiger partial charge in [0.1, 0.15) is 11.4 Å². The highest BCUT2D eigenvalue weighted by Gasteiger charge is 2.19. The van der Waals surface area contributed by atoms with Crippen molar-refractivity contribution in [1.29, 1.82) is 0 Å². The molecule has 8 heteroatoms. The van der Waals surface area contributed by atoms with Crippen LogP contribution in [0.4, 0.5) is 16.3 Å². The van der Waals surface area contributed by atoms with Crippen molar-refractivity contribution in [2.24, 2.45) is 0 Å². The smallest absolute Gasteiger partial charge is 0.408 e. The van der Waals surface area contributed by atoms with Gasteiger partial charge in [0.15, 0.2) is 0 Å². The summed E-state index contributed by atoms with van der Waals surface area (Å²) in [7, 11) is 0. The second-order valence-electron chi connectivity index (χ2n) is 7.83. The maximum Gasteiger partial charge on any atom is 0.408 e. The largest absolute Gasteiger partial charge is 0.444 e. The molecule has 0 atom stereocenters. The average molecular weight is 447 g/mol. The number of ether oxygens (including phenoxy) is 1. The summed E-state index contributed by atoms with van der Waals surface area (Å²) in [6.07, 6.45) is 1.22. The monoisotopic (exact) mass is 446 g/mol. The Morgan fingerprint density at radius 1 is 1.33 bits per heavy atom. The summed E-state index contributed by atoms with van der Waals surface area (Å²) in [6.45, 7) is 7.82. The summed E-state index contributed by atoms with van der Waals surface area (Å²) in [4.78, 5) is 18.4. The first-order valence-electron chi connectivity index (χ1n) is 9.60. The third kappa shape index (κ3) is 6.19. The minimum absolute atomic E-state index is 0.187. The van der Waals surface area contributed by atoms with Gasteiger partial charge in [-0.3, -0.25) is 0 Å². The predicted molar refractivity (Wildman–Crippen MR) is 121 cm³/mol. The number of nitrogens with zero attached hydrogens (tertiary/aromatic N) is 2. The van der Waals surface area contributed by atoms with Gasteiger partial charge in [-0.1, -0.05) is 35.0 Å². The molecule has 1 aliphatic heterocycles. The quantitative estimate of drug-likeness (QED) is 0.668. The Hall–Kier alpha value is -2.62. The number of nitrogens with one attached hydrogen (secondary N) is 2. The molecule has 0 saturated carbocycles. The third-order valence-electron chi connectivity index (χ3n) is 4.20. The van der Waals surface area contributed by atoms with E-state index in [2.05, 4.69) is 32.4 Å². The first kappa shape index (κ1) is 22.1. The lowest BCUT2D eigenvalue weighted by Gasteiger charge is -2.31. The Labute approximate surface area is 186 Å². The third-order valence-corrected chi connectivity index (χ3v) is 4.81. The van der Waals surface area contributed by atoms with E-state index in [9.17, 15) is 4.79 Å². The van der Waals surface area contributed by atoms with Gasteiger partial charge in [-0.2, -0.15) is 0 Å². The van der Waals surface area contributed by atoms with Crippen LogP contribution >= 0.6 is 23.2 Å². The lowest BCUT2D eigenvalue weighted by molar-refractivity contribution is 0.0535. The Morgan fingerprint density at radius 2 is 2.13 bits per heavy atom. The molecule has 0 bridgehead atoms. The Balaban J connectivity index is 1.70. The van der Waals surface area contributed by atoms with Gasteiger partial charge in [0.2, 0.25) is 0 Å². The van der Waals surface area contributed by atoms with Crippen molar-refractivity contribution in [2.45, 2.75) is 32.9 Å². The summed E-state index contributed by atoms with van der Waals surface area (Å²) in [6, 6.07) is 7.44. The minimum atomic E-state index is -0.539. The maximum atomic E-state index is 11.7. The molecule has 3 rings (SSSR count). The molecule has 0 radical (unpaired) electrons. The first-order chi connectivity index (χ1) is 14.2. The Kier molecular flexibility index (Phi) is 6.96. The number of benzene rings is 1. The number of amides is 1. The molecule has 0 spiro atoms. The van der Waals surface area contributed by atoms with Crippen LogP contribution in [0.3, 0.4) is 0 Å². The van der Waals surface area contributed by atoms with Gasteiger partial charge in [0, 0.05) is 41.4 Å². The number of carbonyl (C=O) groups excluding carboxylic acids is 1. The topological polar surface area (TPSA) is 66.5 Å². The molecule has 2 N–H and O–H groups in total. The minimum Gasteiger partial charge on any atom is -0.444 e. The van der Waals surface area contributed by atoms with Crippen molar-refractivity contribution in [3.05, 3.63) is 51.6 Å². The van der Waals surface area contributed by atoms with Gasteiger partial charge < -0.3 is 20.3 Å². The van der Waals surface area contributed by atoms with Crippen molar-refractivity contribution in [3.63, 3.8) is 0 Å². The molecule has 6 nitrogen and oxygen atoms in total. The number of pyridine rings is 1. The van der Waals surface area contributed by atoms with E-state index in [-0.39, 0.29) is 6.54 Å². The highest BCUT2D eigenvalue weighted by molar-refractivity contribution is 6.33. The van der Waals surface area contributed by atoms with Crippen LogP contribution in [0.1, 0.15) is 31.9 Å². The van der Waals surface area contributed by atoms with Crippen molar-refractivity contribution in [3.8, 4) is 11.8 Å². The van der Waals surface area contributed by atoms with Crippen LogP contribution < -0.4 is 15.5 Å². The molecule has 0 unspecified atom stereocenters. The fourth-order valence-electron chi connectivity index (χ4n) is 2.94. The molecule has 30 heavy (non-hydrogen) atoms. The van der Waals surface area contributed by atoms with Crippen molar-refractivity contribution < 1.29 is 9.53 Å². The predicted octanol–water partition coefficient (Wildman–Crippen LogP) is 4.70. The van der Waals surface area contributed by atoms with E-state index in [0.29, 0.717) is 16.6 Å². The molecule has 0 saturated heterocycles. The summed E-state index contributed by atoms with van der Waals surface area (Å²) in [5.74, 6) is 6.76. The van der Waals surface area contributed by atoms with Crippen LogP contribution in [0.25, 0.3) is 0 Å². The molecule has 0 fully saturated rings. The van der Waals surface area contributed by atoms with Crippen molar-refractivity contribution in [2.75, 3.05) is 29.9 Å². The van der Waals surface area contributed by atoms with E-state index in [1.54, 1.807) is 18.3 Å². The van der Waals surface area contributed by atoms with Gasteiger partial charge >= 0.3 is 6.09 Å². The van der Waals surface area contributed by atoms with E-state index >= 15 is 0 Å². The summed E-state index contributed by atoms with van der Waals surface area (Å²) >= 11 is 12.5. The Morgan fingerprint density at radius 3 is 2.90 bits per heavy atom. The number of carbonyl (C=O) groups is 1. The normalized spacial score (nSPS) is 12.9. The lowest BCUT2D eigenvalue weighted by Crippen LogP contribution is -2.34. The molecule has 158 valence electrons. The van der Waals surface area contributed by atoms with E-state index in [1.807, 2.05) is 32.9 Å². The second-order valence-corrected chi connectivity index (χ2v) is 8.68. The number of alkyl carbamates (subject to hydrolysis) is 1. The van der Waals surface area contributed by atoms with Crippen LogP contribution in [-0.4, -0.2) is 36.3 Å². The molecule has 2 aromatic rings. The number of hydrogen-bond donors (Lipinski definition) is 2. The summed E-state index contributed by atoms with van der Waals surface area (Å²) in [5.41, 5.74) is 2.12. The number of fused-ring (bicyclic) bond motifs is 1. The van der Waals surface area contributed by atoms with Crippen LogP contribution in [0.2, 0.25) is 10.0 Å². The summed E-state index contributed by atoms with van der Waals surface area (Å²) in [5, 5.41) is 7.25. The molecule has 2 heterocycles. The van der Waals surface area contributed by atoms with Gasteiger partial charge in [-0.05, 0) is 50.6 Å². The number of aromatic nitrogens is 1. The highest BCUT2D eigenvalue weighted by atomic mass is 35.5. The summed E-state index contributed by atoms with van der Waals surface area (Å²) < 4.78 is 5.19. The van der Waals surface area contributed by atoms with E-state index in [1.165, 1.54) is 0 Å². The SMILES string of the molecule is CC(C)(C)OC(=O)NCC#Cc1cnc2c(c1)N(Cc1cc(Cl)ccc1Cl)CCN2. The van der Waals surface area contributed by atoms with Gasteiger partial charge in [-0.25, -0.2) is 9.78 Å². The number of rotatable bonds is 3. The number of anilines is 2. The highest BCUT2D eigenvalue weighted by Crippen LogP contribution is 2.31. The van der Waals surface area contributed by atoms with Crippen LogP contribution in [0.5, 0.6) is 0 Å².